The van der Waals surface area contributed by atoms with E-state index >= 15 is 0 Å². The zero-order valence-corrected chi connectivity index (χ0v) is 62.6. The molecular weight excluding hydrogens is 1160 g/mol. The fourth-order valence-electron chi connectivity index (χ4n) is 11.8. The van der Waals surface area contributed by atoms with Crippen LogP contribution in [0.5, 0.6) is 0 Å². The number of quaternary nitrogens is 1. The van der Waals surface area contributed by atoms with Gasteiger partial charge in [-0.2, -0.15) is 0 Å². The zero-order chi connectivity index (χ0) is 68.2. The molecule has 0 rings (SSSR count). The lowest BCUT2D eigenvalue weighted by Crippen LogP contribution is -2.40. The number of unbranched alkanes of at least 4 members (excludes halogenated alkanes) is 46. The van der Waals surface area contributed by atoms with Gasteiger partial charge in [0.25, 0.3) is 6.29 Å². The van der Waals surface area contributed by atoms with Crippen LogP contribution >= 0.6 is 0 Å². The zero-order valence-electron chi connectivity index (χ0n) is 62.6. The predicted octanol–water partition coefficient (Wildman–Crippen LogP) is 25.8. The summed E-state index contributed by atoms with van der Waals surface area (Å²) in [6.07, 6.45) is 100. The van der Waals surface area contributed by atoms with Gasteiger partial charge in [0.05, 0.1) is 34.4 Å². The van der Waals surface area contributed by atoms with Crippen LogP contribution < -0.4 is 0 Å². The first-order valence-electron chi connectivity index (χ1n) is 40.3. The van der Waals surface area contributed by atoms with Crippen LogP contribution in [0.15, 0.2) is 85.1 Å². The summed E-state index contributed by atoms with van der Waals surface area (Å²) in [5.74, 6) is -2.01. The number of aliphatic carboxylic acids is 1. The molecule has 0 spiro atoms. The lowest BCUT2D eigenvalue weighted by Gasteiger charge is -2.25. The first-order chi connectivity index (χ1) is 46.1. The summed E-state index contributed by atoms with van der Waals surface area (Å²) in [4.78, 5) is 37.7. The first-order valence-corrected chi connectivity index (χ1v) is 40.3. The van der Waals surface area contributed by atoms with E-state index in [0.29, 0.717) is 23.9 Å². The van der Waals surface area contributed by atoms with Crippen molar-refractivity contribution in [2.24, 2.45) is 0 Å². The van der Waals surface area contributed by atoms with Crippen LogP contribution in [0.1, 0.15) is 380 Å². The van der Waals surface area contributed by atoms with Gasteiger partial charge in [-0.05, 0) is 70.6 Å². The second kappa shape index (κ2) is 75.2. The van der Waals surface area contributed by atoms with Crippen LogP contribution in [0.4, 0.5) is 0 Å². The third-order valence-corrected chi connectivity index (χ3v) is 17.9. The Balaban J connectivity index is 3.99. The van der Waals surface area contributed by atoms with Crippen LogP contribution in [-0.4, -0.2) is 87.4 Å². The molecule has 94 heavy (non-hydrogen) atoms. The Kier molecular flexibility index (Phi) is 72.4. The molecule has 0 aliphatic heterocycles. The molecule has 0 aromatic heterocycles. The molecule has 0 aliphatic carbocycles. The third-order valence-electron chi connectivity index (χ3n) is 17.9. The molecular formula is C85H154NO8+. The second-order valence-electron chi connectivity index (χ2n) is 28.4. The lowest BCUT2D eigenvalue weighted by molar-refractivity contribution is -0.870. The highest BCUT2D eigenvalue weighted by Crippen LogP contribution is 2.20. The molecule has 0 aliphatic rings. The normalized spacial score (nSPS) is 13.1. The standard InChI is InChI=1S/C85H153NO8/c1-6-8-10-12-14-16-18-20-22-24-26-28-30-32-34-36-37-38-39-40-41-42-43-44-45-46-48-49-51-53-55-57-59-61-63-65-67-69-71-73-75-82(87)92-79-81(80-93-85(84(89)90)91-78-77-86(3,4)5)94-83(88)76-74-72-70-68-66-64-62-60-58-56-54-52-50-47-35-33-31-29-27-25-23-21-19-17-15-13-11-9-7-2/h9,11,15,17,21,23,27,29,33,35,50,52,56,58,81,85H,6-8,10,12-14,16,18-20,22,24-26,28,30-32,34,36-49,51,53-55,57,59-80H2,1-5H3/p+1/b11-9-,17-15-,23-21-,29-27-,35-33-,52-50-,58-56-. The van der Waals surface area contributed by atoms with E-state index < -0.39 is 24.3 Å². The molecule has 0 heterocycles. The molecule has 0 aromatic rings. The number of hydrogen-bond acceptors (Lipinski definition) is 7. The maximum absolute atomic E-state index is 13.0. The number of rotatable bonds is 75. The van der Waals surface area contributed by atoms with Crippen molar-refractivity contribution in [1.29, 1.82) is 0 Å². The summed E-state index contributed by atoms with van der Waals surface area (Å²) in [5, 5.41) is 9.77. The van der Waals surface area contributed by atoms with Crippen LogP contribution in [0, 0.1) is 0 Å². The number of allylic oxidation sites excluding steroid dienone is 14. The molecule has 0 fully saturated rings. The Bertz CT molecular complexity index is 1820. The first kappa shape index (κ1) is 90.5. The molecule has 9 heteroatoms. The number of hydrogen-bond donors (Lipinski definition) is 1. The minimum Gasteiger partial charge on any atom is -0.477 e. The predicted molar refractivity (Wildman–Crippen MR) is 406 cm³/mol. The highest BCUT2D eigenvalue weighted by Gasteiger charge is 2.25. The van der Waals surface area contributed by atoms with Gasteiger partial charge in [0.1, 0.15) is 13.2 Å². The molecule has 0 bridgehead atoms. The number of carboxylic acid groups (broad SMARTS) is 1. The molecule has 9 nitrogen and oxygen atoms in total. The minimum absolute atomic E-state index is 0.183. The fraction of sp³-hybridized carbons (Fsp3) is 0.800. The van der Waals surface area contributed by atoms with Crippen molar-refractivity contribution in [2.75, 3.05) is 47.5 Å². The van der Waals surface area contributed by atoms with Gasteiger partial charge in [-0.1, -0.05) is 381 Å². The van der Waals surface area contributed by atoms with Crippen molar-refractivity contribution >= 4 is 17.9 Å². The summed E-state index contributed by atoms with van der Waals surface area (Å²) >= 11 is 0. The summed E-state index contributed by atoms with van der Waals surface area (Å²) in [6, 6.07) is 0. The van der Waals surface area contributed by atoms with E-state index in [-0.39, 0.29) is 32.2 Å². The fourth-order valence-corrected chi connectivity index (χ4v) is 11.8. The summed E-state index contributed by atoms with van der Waals surface area (Å²) < 4.78 is 23.0. The quantitative estimate of drug-likeness (QED) is 0.0211. The largest absolute Gasteiger partial charge is 0.477 e. The highest BCUT2D eigenvalue weighted by atomic mass is 16.7. The summed E-state index contributed by atoms with van der Waals surface area (Å²) in [7, 11) is 5.98. The van der Waals surface area contributed by atoms with Crippen molar-refractivity contribution in [1.82, 2.24) is 0 Å². The molecule has 1 N–H and O–H groups in total. The van der Waals surface area contributed by atoms with Crippen LogP contribution in [-0.2, 0) is 33.3 Å². The third kappa shape index (κ3) is 75.8. The van der Waals surface area contributed by atoms with Crippen molar-refractivity contribution in [3.05, 3.63) is 85.1 Å². The molecule has 0 saturated heterocycles. The molecule has 2 unspecified atom stereocenters. The van der Waals surface area contributed by atoms with Crippen molar-refractivity contribution < 1.29 is 42.9 Å². The minimum atomic E-state index is -1.52. The van der Waals surface area contributed by atoms with Gasteiger partial charge in [0, 0.05) is 12.8 Å². The van der Waals surface area contributed by atoms with Gasteiger partial charge in [-0.15, -0.1) is 0 Å². The van der Waals surface area contributed by atoms with Gasteiger partial charge in [0.2, 0.25) is 0 Å². The van der Waals surface area contributed by atoms with E-state index in [0.717, 1.165) is 89.9 Å². The van der Waals surface area contributed by atoms with E-state index in [4.69, 9.17) is 18.9 Å². The number of likely N-dealkylation sites (N-methyl/N-ethyl adjacent to an activating group) is 1. The van der Waals surface area contributed by atoms with E-state index in [1.54, 1.807) is 0 Å². The van der Waals surface area contributed by atoms with Gasteiger partial charge in [-0.3, -0.25) is 9.59 Å². The second-order valence-corrected chi connectivity index (χ2v) is 28.4. The average molecular weight is 1320 g/mol. The number of carbonyl (C=O) groups excluding carboxylic acids is 2. The van der Waals surface area contributed by atoms with E-state index in [9.17, 15) is 19.5 Å². The summed E-state index contributed by atoms with van der Waals surface area (Å²) in [5.41, 5.74) is 0. The smallest absolute Gasteiger partial charge is 0.361 e. The number of ether oxygens (including phenoxy) is 4. The lowest BCUT2D eigenvalue weighted by atomic mass is 10.0. The number of nitrogens with zero attached hydrogens (tertiary/aromatic N) is 1. The highest BCUT2D eigenvalue weighted by molar-refractivity contribution is 5.71. The van der Waals surface area contributed by atoms with Crippen LogP contribution in [0.25, 0.3) is 0 Å². The Morgan fingerprint density at radius 3 is 0.904 bits per heavy atom. The van der Waals surface area contributed by atoms with E-state index in [1.807, 2.05) is 21.1 Å². The van der Waals surface area contributed by atoms with Crippen molar-refractivity contribution in [2.45, 2.75) is 392 Å². The molecule has 0 radical (unpaired) electrons. The maximum atomic E-state index is 13.0. The molecule has 0 amide bonds. The monoisotopic (exact) mass is 1320 g/mol. The molecule has 546 valence electrons. The van der Waals surface area contributed by atoms with Gasteiger partial charge < -0.3 is 28.5 Å². The van der Waals surface area contributed by atoms with Crippen molar-refractivity contribution in [3.63, 3.8) is 0 Å². The molecule has 2 atom stereocenters. The van der Waals surface area contributed by atoms with E-state index in [2.05, 4.69) is 98.9 Å². The van der Waals surface area contributed by atoms with Crippen LogP contribution in [0.2, 0.25) is 0 Å². The average Bonchev–Trinajstić information content (AvgIpc) is 3.72. The topological polar surface area (TPSA) is 108 Å². The SMILES string of the molecule is CC/C=C\C/C=C\C/C=C\C/C=C\C/C=C\C/C=C\C/C=C\CCCCCCCCCC(=O)OC(COC(=O)CCCCCCCCCCCCCCCCCCCCCCCCCCCCCCCCCCCCCCCCCC)COC(OCC[N+](C)(C)C)C(=O)O. The molecule has 0 aromatic carbocycles. The Morgan fingerprint density at radius 2 is 0.606 bits per heavy atom. The summed E-state index contributed by atoms with van der Waals surface area (Å²) in [6.45, 7) is 4.80. The van der Waals surface area contributed by atoms with Crippen molar-refractivity contribution in [3.8, 4) is 0 Å². The Morgan fingerprint density at radius 1 is 0.330 bits per heavy atom. The Hall–Kier alpha value is -3.53. The number of carbonyl (C=O) groups is 3. The Labute approximate surface area is 582 Å². The number of esters is 2. The van der Waals surface area contributed by atoms with Crippen LogP contribution in [0.3, 0.4) is 0 Å². The van der Waals surface area contributed by atoms with Gasteiger partial charge in [-0.25, -0.2) is 4.79 Å². The maximum Gasteiger partial charge on any atom is 0.361 e. The van der Waals surface area contributed by atoms with E-state index in [1.165, 1.54) is 257 Å². The van der Waals surface area contributed by atoms with Gasteiger partial charge in [0.15, 0.2) is 6.10 Å². The molecule has 0 saturated carbocycles. The number of carboxylic acids is 1. The van der Waals surface area contributed by atoms with Gasteiger partial charge >= 0.3 is 17.9 Å².